The zero-order valence-corrected chi connectivity index (χ0v) is 13.5. The highest BCUT2D eigenvalue weighted by Gasteiger charge is 2.45. The quantitative estimate of drug-likeness (QED) is 0.352. The summed E-state index contributed by atoms with van der Waals surface area (Å²) in [4.78, 5) is 24.7. The molecule has 1 amide bonds. The van der Waals surface area contributed by atoms with Gasteiger partial charge in [0.15, 0.2) is 0 Å². The summed E-state index contributed by atoms with van der Waals surface area (Å²) >= 11 is 0. The van der Waals surface area contributed by atoms with Crippen molar-refractivity contribution in [3.63, 3.8) is 0 Å². The normalized spacial score (nSPS) is 15.8. The molecular formula is C15H21N3O5. The Kier molecular flexibility index (Phi) is 4.86. The largest absolute Gasteiger partial charge is 0.393 e. The molecule has 23 heavy (non-hydrogen) atoms. The van der Waals surface area contributed by atoms with Crippen molar-refractivity contribution in [3.8, 4) is 0 Å². The van der Waals surface area contributed by atoms with Gasteiger partial charge in [-0.2, -0.15) is 0 Å². The molecule has 1 aliphatic rings. The van der Waals surface area contributed by atoms with Crippen LogP contribution in [0.15, 0.2) is 12.1 Å². The fraction of sp³-hybridized carbons (Fsp3) is 0.533. The van der Waals surface area contributed by atoms with Gasteiger partial charge < -0.3 is 20.1 Å². The van der Waals surface area contributed by atoms with Crippen molar-refractivity contribution in [2.24, 2.45) is 0 Å². The molecule has 126 valence electrons. The standard InChI is InChI=1S/C15H21N3O5/c1-15(2)10-8-11(16)13(18(20)21)9-12(10)17(14(15)19)4-5-23-7-6-22-3/h8-9H,4-7,16H2,1-3H3. The van der Waals surface area contributed by atoms with E-state index in [1.807, 2.05) is 0 Å². The Balaban J connectivity index is 2.27. The Hall–Kier alpha value is -2.19. The van der Waals surface area contributed by atoms with Gasteiger partial charge in [0.2, 0.25) is 5.91 Å². The van der Waals surface area contributed by atoms with Crippen molar-refractivity contribution in [3.05, 3.63) is 27.8 Å². The highest BCUT2D eigenvalue weighted by atomic mass is 16.6. The molecule has 0 saturated heterocycles. The average Bonchev–Trinajstić information content (AvgIpc) is 2.66. The SMILES string of the molecule is COCCOCCN1C(=O)C(C)(C)c2cc(N)c([N+](=O)[O-])cc21. The lowest BCUT2D eigenvalue weighted by molar-refractivity contribution is -0.383. The second kappa shape index (κ2) is 6.51. The van der Waals surface area contributed by atoms with Gasteiger partial charge in [0.05, 0.1) is 35.8 Å². The molecule has 0 unspecified atom stereocenters. The molecule has 8 heteroatoms. The van der Waals surface area contributed by atoms with Crippen molar-refractivity contribution < 1.29 is 19.2 Å². The lowest BCUT2D eigenvalue weighted by atomic mass is 9.86. The zero-order valence-electron chi connectivity index (χ0n) is 13.5. The van der Waals surface area contributed by atoms with Crippen LogP contribution in [0.2, 0.25) is 0 Å². The zero-order chi connectivity index (χ0) is 17.2. The fourth-order valence-corrected chi connectivity index (χ4v) is 2.66. The second-order valence-corrected chi connectivity index (χ2v) is 5.87. The highest BCUT2D eigenvalue weighted by molar-refractivity contribution is 6.08. The van der Waals surface area contributed by atoms with E-state index in [0.717, 1.165) is 0 Å². The topological polar surface area (TPSA) is 108 Å². The Labute approximate surface area is 134 Å². The number of methoxy groups -OCH3 is 1. The molecule has 0 saturated carbocycles. The van der Waals surface area contributed by atoms with Crippen LogP contribution in [0.3, 0.4) is 0 Å². The Bertz CT molecular complexity index is 630. The van der Waals surface area contributed by atoms with Gasteiger partial charge >= 0.3 is 0 Å². The Morgan fingerprint density at radius 1 is 1.30 bits per heavy atom. The molecule has 2 N–H and O–H groups in total. The molecule has 8 nitrogen and oxygen atoms in total. The third-order valence-electron chi connectivity index (χ3n) is 3.98. The Morgan fingerprint density at radius 2 is 2.00 bits per heavy atom. The number of nitrogens with zero attached hydrogens (tertiary/aromatic N) is 2. The van der Waals surface area contributed by atoms with Crippen molar-refractivity contribution >= 4 is 23.0 Å². The van der Waals surface area contributed by atoms with E-state index in [9.17, 15) is 14.9 Å². The molecule has 1 aromatic rings. The molecule has 0 fully saturated rings. The van der Waals surface area contributed by atoms with Crippen molar-refractivity contribution in [2.75, 3.05) is 44.1 Å². The summed E-state index contributed by atoms with van der Waals surface area (Å²) in [5, 5.41) is 11.1. The molecule has 0 radical (unpaired) electrons. The number of nitrogen functional groups attached to an aromatic ring is 1. The lowest BCUT2D eigenvalue weighted by Crippen LogP contribution is -2.38. The maximum atomic E-state index is 12.6. The van der Waals surface area contributed by atoms with Crippen molar-refractivity contribution in [1.82, 2.24) is 0 Å². The van der Waals surface area contributed by atoms with Crippen LogP contribution in [-0.2, 0) is 19.7 Å². The number of amides is 1. The predicted molar refractivity (Wildman–Crippen MR) is 85.6 cm³/mol. The van der Waals surface area contributed by atoms with Crippen LogP contribution in [0.1, 0.15) is 19.4 Å². The molecular weight excluding hydrogens is 302 g/mol. The minimum Gasteiger partial charge on any atom is -0.393 e. The van der Waals surface area contributed by atoms with Crippen LogP contribution in [-0.4, -0.2) is 44.3 Å². The van der Waals surface area contributed by atoms with Gasteiger partial charge in [0.25, 0.3) is 5.69 Å². The highest BCUT2D eigenvalue weighted by Crippen LogP contribution is 2.45. The summed E-state index contributed by atoms with van der Waals surface area (Å²) < 4.78 is 10.3. The van der Waals surface area contributed by atoms with Gasteiger partial charge in [0, 0.05) is 19.7 Å². The van der Waals surface area contributed by atoms with Gasteiger partial charge in [-0.05, 0) is 25.5 Å². The molecule has 1 aromatic carbocycles. The van der Waals surface area contributed by atoms with E-state index >= 15 is 0 Å². The van der Waals surface area contributed by atoms with E-state index < -0.39 is 10.3 Å². The van der Waals surface area contributed by atoms with Gasteiger partial charge in [-0.25, -0.2) is 0 Å². The number of hydrogen-bond donors (Lipinski definition) is 1. The molecule has 0 aliphatic carbocycles. The van der Waals surface area contributed by atoms with Gasteiger partial charge in [-0.3, -0.25) is 14.9 Å². The molecule has 0 spiro atoms. The van der Waals surface area contributed by atoms with Crippen LogP contribution in [0, 0.1) is 10.1 Å². The third-order valence-corrected chi connectivity index (χ3v) is 3.98. The van der Waals surface area contributed by atoms with Crippen LogP contribution in [0.25, 0.3) is 0 Å². The summed E-state index contributed by atoms with van der Waals surface area (Å²) in [6, 6.07) is 2.89. The number of ether oxygens (including phenoxy) is 2. The third kappa shape index (κ3) is 3.13. The van der Waals surface area contributed by atoms with Gasteiger partial charge in [-0.1, -0.05) is 0 Å². The first-order valence-corrected chi connectivity index (χ1v) is 7.27. The molecule has 1 aliphatic heterocycles. The molecule has 2 rings (SSSR count). The number of nitrogens with two attached hydrogens (primary N) is 1. The van der Waals surface area contributed by atoms with E-state index in [1.165, 1.54) is 17.0 Å². The predicted octanol–water partition coefficient (Wildman–Crippen LogP) is 1.46. The smallest absolute Gasteiger partial charge is 0.294 e. The second-order valence-electron chi connectivity index (χ2n) is 5.87. The van der Waals surface area contributed by atoms with E-state index in [1.54, 1.807) is 21.0 Å². The van der Waals surface area contributed by atoms with Gasteiger partial charge in [0.1, 0.15) is 5.69 Å². The minimum absolute atomic E-state index is 0.0628. The van der Waals surface area contributed by atoms with Crippen LogP contribution < -0.4 is 10.6 Å². The number of rotatable bonds is 7. The molecule has 0 bridgehead atoms. The first-order valence-electron chi connectivity index (χ1n) is 7.27. The lowest BCUT2D eigenvalue weighted by Gasteiger charge is -2.20. The summed E-state index contributed by atoms with van der Waals surface area (Å²) in [5.41, 5.74) is 6.07. The molecule has 0 atom stereocenters. The van der Waals surface area contributed by atoms with Crippen LogP contribution in [0.5, 0.6) is 0 Å². The van der Waals surface area contributed by atoms with Crippen molar-refractivity contribution in [2.45, 2.75) is 19.3 Å². The first-order chi connectivity index (χ1) is 10.8. The van der Waals surface area contributed by atoms with E-state index in [0.29, 0.717) is 37.6 Å². The number of fused-ring (bicyclic) bond motifs is 1. The monoisotopic (exact) mass is 323 g/mol. The number of carbonyl (C=O) groups excluding carboxylic acids is 1. The van der Waals surface area contributed by atoms with Crippen molar-refractivity contribution in [1.29, 1.82) is 0 Å². The number of anilines is 2. The van der Waals surface area contributed by atoms with E-state index in [-0.39, 0.29) is 17.3 Å². The summed E-state index contributed by atoms with van der Waals surface area (Å²) in [5.74, 6) is -0.122. The van der Waals surface area contributed by atoms with Crippen LogP contribution >= 0.6 is 0 Å². The number of nitro groups is 1. The number of hydrogen-bond acceptors (Lipinski definition) is 6. The number of benzene rings is 1. The van der Waals surface area contributed by atoms with E-state index in [4.69, 9.17) is 15.2 Å². The Morgan fingerprint density at radius 3 is 2.61 bits per heavy atom. The maximum Gasteiger partial charge on any atom is 0.294 e. The maximum absolute atomic E-state index is 12.6. The average molecular weight is 323 g/mol. The summed E-state index contributed by atoms with van der Waals surface area (Å²) in [6.07, 6.45) is 0. The van der Waals surface area contributed by atoms with Gasteiger partial charge in [-0.15, -0.1) is 0 Å². The first kappa shape index (κ1) is 17.2. The summed E-state index contributed by atoms with van der Waals surface area (Å²) in [6.45, 7) is 5.11. The number of carbonyl (C=O) groups is 1. The van der Waals surface area contributed by atoms with E-state index in [2.05, 4.69) is 0 Å². The molecule has 0 aromatic heterocycles. The minimum atomic E-state index is -0.773. The fourth-order valence-electron chi connectivity index (χ4n) is 2.66. The number of nitro benzene ring substituents is 1. The summed E-state index contributed by atoms with van der Waals surface area (Å²) in [7, 11) is 1.58. The van der Waals surface area contributed by atoms with Crippen LogP contribution in [0.4, 0.5) is 17.1 Å². The molecule has 1 heterocycles.